The molecule has 0 saturated heterocycles. The molecule has 1 aromatic heterocycles. The van der Waals surface area contributed by atoms with Crippen LogP contribution in [0.1, 0.15) is 20.3 Å². The molecule has 6 heteroatoms. The van der Waals surface area contributed by atoms with Gasteiger partial charge in [0.25, 0.3) is 0 Å². The Morgan fingerprint density at radius 1 is 1.44 bits per heavy atom. The third-order valence-corrected chi connectivity index (χ3v) is 2.70. The molecule has 88 valence electrons. The van der Waals surface area contributed by atoms with E-state index < -0.39 is 0 Å². The van der Waals surface area contributed by atoms with Gasteiger partial charge in [0.05, 0.1) is 6.61 Å². The Balaban J connectivity index is 1.96. The third kappa shape index (κ3) is 2.71. The number of nitrogens with two attached hydrogens (primary N) is 1. The van der Waals surface area contributed by atoms with Crippen molar-refractivity contribution in [1.29, 1.82) is 0 Å². The summed E-state index contributed by atoms with van der Waals surface area (Å²) in [7, 11) is 0. The van der Waals surface area contributed by atoms with Gasteiger partial charge in [-0.15, -0.1) is 0 Å². The Bertz CT molecular complexity index is 370. The number of rotatable bonds is 5. The Kier molecular flexibility index (Phi) is 3.07. The number of ether oxygens (including phenoxy) is 1. The number of nitrogens with one attached hydrogen (secondary N) is 1. The molecule has 0 spiro atoms. The summed E-state index contributed by atoms with van der Waals surface area (Å²) in [5, 5.41) is 3.15. The average molecular weight is 223 g/mol. The van der Waals surface area contributed by atoms with Crippen molar-refractivity contribution in [1.82, 2.24) is 15.0 Å². The molecular weight excluding hydrogens is 206 g/mol. The van der Waals surface area contributed by atoms with Crippen LogP contribution < -0.4 is 15.8 Å². The zero-order valence-corrected chi connectivity index (χ0v) is 9.60. The molecule has 1 saturated carbocycles. The van der Waals surface area contributed by atoms with Crippen LogP contribution in [-0.2, 0) is 0 Å². The summed E-state index contributed by atoms with van der Waals surface area (Å²) in [6.45, 7) is 5.51. The first-order valence-corrected chi connectivity index (χ1v) is 5.57. The summed E-state index contributed by atoms with van der Waals surface area (Å²) in [5.74, 6) is 2.21. The van der Waals surface area contributed by atoms with Crippen molar-refractivity contribution in [2.45, 2.75) is 20.3 Å². The van der Waals surface area contributed by atoms with E-state index in [-0.39, 0.29) is 12.0 Å². The van der Waals surface area contributed by atoms with E-state index in [0.29, 0.717) is 12.6 Å². The zero-order valence-electron chi connectivity index (χ0n) is 9.60. The SMILES string of the molecule is CCOc1nc(N)nc(NCC2CC2C)n1. The van der Waals surface area contributed by atoms with Crippen LogP contribution in [0.2, 0.25) is 0 Å². The molecule has 1 aliphatic rings. The Morgan fingerprint density at radius 3 is 2.81 bits per heavy atom. The number of nitrogen functional groups attached to an aromatic ring is 1. The molecule has 0 radical (unpaired) electrons. The predicted molar refractivity (Wildman–Crippen MR) is 61.2 cm³/mol. The number of anilines is 2. The molecule has 2 atom stereocenters. The lowest BCUT2D eigenvalue weighted by Crippen LogP contribution is -2.11. The van der Waals surface area contributed by atoms with Gasteiger partial charge < -0.3 is 15.8 Å². The molecule has 0 aliphatic heterocycles. The van der Waals surface area contributed by atoms with Crippen molar-refractivity contribution in [3.63, 3.8) is 0 Å². The fourth-order valence-corrected chi connectivity index (χ4v) is 1.55. The topological polar surface area (TPSA) is 86.0 Å². The molecule has 1 heterocycles. The molecule has 0 amide bonds. The smallest absolute Gasteiger partial charge is 0.323 e. The monoisotopic (exact) mass is 223 g/mol. The molecule has 0 bridgehead atoms. The summed E-state index contributed by atoms with van der Waals surface area (Å²) >= 11 is 0. The molecule has 3 N–H and O–H groups in total. The minimum absolute atomic E-state index is 0.185. The van der Waals surface area contributed by atoms with Gasteiger partial charge in [0.1, 0.15) is 0 Å². The van der Waals surface area contributed by atoms with E-state index >= 15 is 0 Å². The van der Waals surface area contributed by atoms with Gasteiger partial charge >= 0.3 is 6.01 Å². The molecule has 1 fully saturated rings. The number of nitrogens with zero attached hydrogens (tertiary/aromatic N) is 3. The number of aromatic nitrogens is 3. The lowest BCUT2D eigenvalue weighted by molar-refractivity contribution is 0.312. The number of hydrogen-bond acceptors (Lipinski definition) is 6. The molecule has 2 rings (SSSR count). The molecule has 6 nitrogen and oxygen atoms in total. The lowest BCUT2D eigenvalue weighted by atomic mass is 10.3. The summed E-state index contributed by atoms with van der Waals surface area (Å²) in [6.07, 6.45) is 1.27. The predicted octanol–water partition coefficient (Wildman–Crippen LogP) is 0.920. The highest BCUT2D eigenvalue weighted by Crippen LogP contribution is 2.37. The van der Waals surface area contributed by atoms with Gasteiger partial charge in [0, 0.05) is 6.54 Å². The third-order valence-electron chi connectivity index (χ3n) is 2.70. The van der Waals surface area contributed by atoms with E-state index in [1.54, 1.807) is 0 Å². The van der Waals surface area contributed by atoms with Crippen LogP contribution >= 0.6 is 0 Å². The molecule has 1 aliphatic carbocycles. The minimum Gasteiger partial charge on any atom is -0.464 e. The van der Waals surface area contributed by atoms with Crippen molar-refractivity contribution in [2.24, 2.45) is 11.8 Å². The zero-order chi connectivity index (χ0) is 11.5. The van der Waals surface area contributed by atoms with Gasteiger partial charge in [-0.25, -0.2) is 0 Å². The Morgan fingerprint density at radius 2 is 2.19 bits per heavy atom. The highest BCUT2D eigenvalue weighted by atomic mass is 16.5. The van der Waals surface area contributed by atoms with Crippen LogP contribution in [0.15, 0.2) is 0 Å². The van der Waals surface area contributed by atoms with Crippen molar-refractivity contribution >= 4 is 11.9 Å². The van der Waals surface area contributed by atoms with Crippen LogP contribution in [0.3, 0.4) is 0 Å². The van der Waals surface area contributed by atoms with Gasteiger partial charge in [-0.1, -0.05) is 6.92 Å². The second-order valence-corrected chi connectivity index (χ2v) is 4.09. The van der Waals surface area contributed by atoms with Gasteiger partial charge in [-0.05, 0) is 25.2 Å². The maximum Gasteiger partial charge on any atom is 0.323 e. The molecule has 0 aromatic carbocycles. The van der Waals surface area contributed by atoms with Gasteiger partial charge in [-0.3, -0.25) is 0 Å². The molecule has 1 aromatic rings. The van der Waals surface area contributed by atoms with Crippen molar-refractivity contribution in [2.75, 3.05) is 24.2 Å². The summed E-state index contributed by atoms with van der Waals surface area (Å²) in [6, 6.07) is 0.279. The van der Waals surface area contributed by atoms with Crippen LogP contribution in [0.5, 0.6) is 6.01 Å². The van der Waals surface area contributed by atoms with Crippen LogP contribution in [0.25, 0.3) is 0 Å². The summed E-state index contributed by atoms with van der Waals surface area (Å²) in [5.41, 5.74) is 5.56. The maximum atomic E-state index is 5.56. The molecular formula is C10H17N5O. The fourth-order valence-electron chi connectivity index (χ4n) is 1.55. The normalized spacial score (nSPS) is 22.9. The van der Waals surface area contributed by atoms with Gasteiger partial charge in [-0.2, -0.15) is 15.0 Å². The van der Waals surface area contributed by atoms with Crippen molar-refractivity contribution in [3.05, 3.63) is 0 Å². The quantitative estimate of drug-likeness (QED) is 0.772. The van der Waals surface area contributed by atoms with Gasteiger partial charge in [0.2, 0.25) is 11.9 Å². The lowest BCUT2D eigenvalue weighted by Gasteiger charge is -2.06. The summed E-state index contributed by atoms with van der Waals surface area (Å²) in [4.78, 5) is 12.0. The van der Waals surface area contributed by atoms with Crippen molar-refractivity contribution in [3.8, 4) is 6.01 Å². The first-order chi connectivity index (χ1) is 7.69. The van der Waals surface area contributed by atoms with E-state index in [9.17, 15) is 0 Å². The minimum atomic E-state index is 0.185. The largest absolute Gasteiger partial charge is 0.464 e. The second kappa shape index (κ2) is 4.51. The van der Waals surface area contributed by atoms with E-state index in [4.69, 9.17) is 10.5 Å². The Hall–Kier alpha value is -1.59. The second-order valence-electron chi connectivity index (χ2n) is 4.09. The van der Waals surface area contributed by atoms with E-state index in [2.05, 4.69) is 27.2 Å². The standard InChI is InChI=1S/C10H17N5O/c1-3-16-10-14-8(11)13-9(15-10)12-5-7-4-6(7)2/h6-7H,3-5H2,1-2H3,(H3,11,12,13,14,15). The van der Waals surface area contributed by atoms with Crippen LogP contribution in [0.4, 0.5) is 11.9 Å². The van der Waals surface area contributed by atoms with Gasteiger partial charge in [0.15, 0.2) is 0 Å². The highest BCUT2D eigenvalue weighted by Gasteiger charge is 2.32. The van der Waals surface area contributed by atoms with E-state index in [1.165, 1.54) is 6.42 Å². The van der Waals surface area contributed by atoms with Crippen molar-refractivity contribution < 1.29 is 4.74 Å². The first kappa shape index (κ1) is 10.9. The van der Waals surface area contributed by atoms with Crippen LogP contribution in [0, 0.1) is 11.8 Å². The number of hydrogen-bond donors (Lipinski definition) is 2. The maximum absolute atomic E-state index is 5.56. The summed E-state index contributed by atoms with van der Waals surface area (Å²) < 4.78 is 5.19. The fraction of sp³-hybridized carbons (Fsp3) is 0.700. The highest BCUT2D eigenvalue weighted by molar-refractivity contribution is 5.32. The van der Waals surface area contributed by atoms with E-state index in [0.717, 1.165) is 18.4 Å². The first-order valence-electron chi connectivity index (χ1n) is 5.57. The van der Waals surface area contributed by atoms with E-state index in [1.807, 2.05) is 6.92 Å². The molecule has 2 unspecified atom stereocenters. The average Bonchev–Trinajstić information content (AvgIpc) is 2.91. The molecule has 16 heavy (non-hydrogen) atoms. The van der Waals surface area contributed by atoms with Crippen LogP contribution in [-0.4, -0.2) is 28.1 Å². The Labute approximate surface area is 94.6 Å².